The fourth-order valence-electron chi connectivity index (χ4n) is 3.41. The van der Waals surface area contributed by atoms with Crippen molar-refractivity contribution in [1.29, 1.82) is 0 Å². The Labute approximate surface area is 150 Å². The Morgan fingerprint density at radius 1 is 1.04 bits per heavy atom. The molecule has 2 aromatic carbocycles. The maximum Gasteiger partial charge on any atom is 0.261 e. The van der Waals surface area contributed by atoms with Crippen molar-refractivity contribution in [3.05, 3.63) is 65.2 Å². The summed E-state index contributed by atoms with van der Waals surface area (Å²) in [6.07, 6.45) is 0.765. The van der Waals surface area contributed by atoms with Gasteiger partial charge in [-0.15, -0.1) is 0 Å². The van der Waals surface area contributed by atoms with Gasteiger partial charge in [0.15, 0.2) is 0 Å². The lowest BCUT2D eigenvalue weighted by Gasteiger charge is -2.26. The van der Waals surface area contributed by atoms with Crippen LogP contribution >= 0.6 is 0 Å². The van der Waals surface area contributed by atoms with Crippen LogP contribution in [0.25, 0.3) is 0 Å². The largest absolute Gasteiger partial charge is 0.493 e. The molecule has 0 radical (unpaired) electrons. The fourth-order valence-corrected chi connectivity index (χ4v) is 3.41. The lowest BCUT2D eigenvalue weighted by atomic mass is 10.0. The quantitative estimate of drug-likeness (QED) is 0.859. The summed E-state index contributed by atoms with van der Waals surface area (Å²) in [5, 5.41) is 2.98. The van der Waals surface area contributed by atoms with Crippen LogP contribution in [0.5, 0.6) is 5.75 Å². The molecular formula is C20H18N2O4. The number of para-hydroxylation sites is 1. The van der Waals surface area contributed by atoms with Crippen LogP contribution in [-0.2, 0) is 4.79 Å². The highest BCUT2D eigenvalue weighted by molar-refractivity contribution is 6.21. The van der Waals surface area contributed by atoms with E-state index in [1.54, 1.807) is 24.3 Å². The number of rotatable bonds is 4. The summed E-state index contributed by atoms with van der Waals surface area (Å²) in [4.78, 5) is 38.2. The Morgan fingerprint density at radius 3 is 2.42 bits per heavy atom. The number of fused-ring (bicyclic) bond motifs is 2. The van der Waals surface area contributed by atoms with E-state index in [0.717, 1.165) is 16.2 Å². The normalized spacial score (nSPS) is 18.2. The van der Waals surface area contributed by atoms with Crippen LogP contribution in [0, 0.1) is 0 Å². The van der Waals surface area contributed by atoms with Crippen LogP contribution in [0.2, 0.25) is 0 Å². The smallest absolute Gasteiger partial charge is 0.261 e. The molecule has 1 N–H and O–H groups in total. The maximum absolute atomic E-state index is 12.4. The summed E-state index contributed by atoms with van der Waals surface area (Å²) in [6.45, 7) is 0.614. The van der Waals surface area contributed by atoms with Gasteiger partial charge in [-0.1, -0.05) is 30.3 Å². The first-order valence-electron chi connectivity index (χ1n) is 8.61. The highest BCUT2D eigenvalue weighted by Gasteiger charge is 2.35. The van der Waals surface area contributed by atoms with Crippen LogP contribution in [-0.4, -0.2) is 35.8 Å². The number of nitrogens with one attached hydrogen (secondary N) is 1. The molecular weight excluding hydrogens is 332 g/mol. The van der Waals surface area contributed by atoms with E-state index in [1.165, 1.54) is 0 Å². The summed E-state index contributed by atoms with van der Waals surface area (Å²) in [6, 6.07) is 14.2. The number of nitrogens with zero attached hydrogens (tertiary/aromatic N) is 1. The van der Waals surface area contributed by atoms with Crippen molar-refractivity contribution >= 4 is 17.7 Å². The third kappa shape index (κ3) is 2.83. The molecule has 0 fully saturated rings. The van der Waals surface area contributed by atoms with Gasteiger partial charge in [-0.3, -0.25) is 19.3 Å². The van der Waals surface area contributed by atoms with E-state index in [9.17, 15) is 14.4 Å². The van der Waals surface area contributed by atoms with E-state index in [0.29, 0.717) is 24.2 Å². The summed E-state index contributed by atoms with van der Waals surface area (Å²) in [7, 11) is 0. The van der Waals surface area contributed by atoms with E-state index >= 15 is 0 Å². The monoisotopic (exact) mass is 350 g/mol. The summed E-state index contributed by atoms with van der Waals surface area (Å²) in [5.74, 6) is -0.0859. The number of benzene rings is 2. The second kappa shape index (κ2) is 6.63. The maximum atomic E-state index is 12.4. The highest BCUT2D eigenvalue weighted by Crippen LogP contribution is 2.31. The van der Waals surface area contributed by atoms with E-state index in [2.05, 4.69) is 5.32 Å². The molecule has 132 valence electrons. The molecule has 4 rings (SSSR count). The first kappa shape index (κ1) is 16.3. The number of imide groups is 1. The second-order valence-electron chi connectivity index (χ2n) is 6.35. The lowest BCUT2D eigenvalue weighted by Crippen LogP contribution is -2.36. The van der Waals surface area contributed by atoms with Gasteiger partial charge in [0.2, 0.25) is 5.91 Å². The van der Waals surface area contributed by atoms with Crippen molar-refractivity contribution in [3.8, 4) is 5.75 Å². The zero-order valence-electron chi connectivity index (χ0n) is 14.1. The molecule has 2 aromatic rings. The Morgan fingerprint density at radius 2 is 1.69 bits per heavy atom. The molecule has 6 heteroatoms. The minimum Gasteiger partial charge on any atom is -0.493 e. The van der Waals surface area contributed by atoms with Crippen LogP contribution in [0.15, 0.2) is 48.5 Å². The predicted octanol–water partition coefficient (Wildman–Crippen LogP) is 2.31. The van der Waals surface area contributed by atoms with Gasteiger partial charge in [0.05, 0.1) is 23.8 Å². The third-order valence-electron chi connectivity index (χ3n) is 4.73. The standard InChI is InChI=1S/C20H18N2O4/c23-18(21-16-10-12-26-17-8-4-3-7-15(16)17)9-11-22-19(24)13-5-1-2-6-14(13)20(22)25/h1-8,16H,9-12H2,(H,21,23)/t16-/m0/s1. The van der Waals surface area contributed by atoms with Gasteiger partial charge in [-0.2, -0.15) is 0 Å². The van der Waals surface area contributed by atoms with Gasteiger partial charge in [-0.25, -0.2) is 0 Å². The van der Waals surface area contributed by atoms with Crippen molar-refractivity contribution in [2.75, 3.05) is 13.2 Å². The van der Waals surface area contributed by atoms with E-state index in [-0.39, 0.29) is 36.7 Å². The Kier molecular flexibility index (Phi) is 4.16. The molecule has 3 amide bonds. The Balaban J connectivity index is 1.39. The van der Waals surface area contributed by atoms with Crippen LogP contribution in [0.3, 0.4) is 0 Å². The number of hydrogen-bond acceptors (Lipinski definition) is 4. The molecule has 6 nitrogen and oxygen atoms in total. The van der Waals surface area contributed by atoms with Crippen molar-refractivity contribution in [2.24, 2.45) is 0 Å². The molecule has 2 heterocycles. The van der Waals surface area contributed by atoms with Gasteiger partial charge < -0.3 is 10.1 Å². The fraction of sp³-hybridized carbons (Fsp3) is 0.250. The van der Waals surface area contributed by atoms with Crippen molar-refractivity contribution in [1.82, 2.24) is 10.2 Å². The second-order valence-corrected chi connectivity index (χ2v) is 6.35. The minimum atomic E-state index is -0.338. The predicted molar refractivity (Wildman–Crippen MR) is 93.9 cm³/mol. The average molecular weight is 350 g/mol. The minimum absolute atomic E-state index is 0.0725. The van der Waals surface area contributed by atoms with Crippen molar-refractivity contribution in [2.45, 2.75) is 18.9 Å². The number of carbonyl (C=O) groups is 3. The first-order chi connectivity index (χ1) is 12.6. The zero-order chi connectivity index (χ0) is 18.1. The third-order valence-corrected chi connectivity index (χ3v) is 4.73. The summed E-state index contributed by atoms with van der Waals surface area (Å²) >= 11 is 0. The SMILES string of the molecule is O=C(CCN1C(=O)c2ccccc2C1=O)N[C@H]1CCOc2ccccc21. The molecule has 1 atom stereocenters. The molecule has 2 aliphatic rings. The molecule has 2 aliphatic heterocycles. The van der Waals surface area contributed by atoms with E-state index in [1.807, 2.05) is 24.3 Å². The van der Waals surface area contributed by atoms with Gasteiger partial charge in [0.25, 0.3) is 11.8 Å². The average Bonchev–Trinajstić information content (AvgIpc) is 2.91. The van der Waals surface area contributed by atoms with Gasteiger partial charge >= 0.3 is 0 Å². The molecule has 0 bridgehead atoms. The molecule has 0 spiro atoms. The molecule has 26 heavy (non-hydrogen) atoms. The van der Waals surface area contributed by atoms with Crippen molar-refractivity contribution in [3.63, 3.8) is 0 Å². The molecule has 0 aliphatic carbocycles. The zero-order valence-corrected chi connectivity index (χ0v) is 14.1. The molecule has 0 saturated heterocycles. The molecule has 0 saturated carbocycles. The highest BCUT2D eigenvalue weighted by atomic mass is 16.5. The summed E-state index contributed by atoms with van der Waals surface area (Å²) < 4.78 is 5.59. The van der Waals surface area contributed by atoms with Crippen molar-refractivity contribution < 1.29 is 19.1 Å². The molecule has 0 unspecified atom stereocenters. The number of ether oxygens (including phenoxy) is 1. The number of carbonyl (C=O) groups excluding carboxylic acids is 3. The van der Waals surface area contributed by atoms with Crippen LogP contribution in [0.1, 0.15) is 45.2 Å². The molecule has 0 aromatic heterocycles. The Bertz CT molecular complexity index is 858. The first-order valence-corrected chi connectivity index (χ1v) is 8.61. The van der Waals surface area contributed by atoms with Gasteiger partial charge in [0.1, 0.15) is 5.75 Å². The Hall–Kier alpha value is -3.15. The lowest BCUT2D eigenvalue weighted by molar-refractivity contribution is -0.122. The van der Waals surface area contributed by atoms with Crippen LogP contribution < -0.4 is 10.1 Å². The topological polar surface area (TPSA) is 75.7 Å². The summed E-state index contributed by atoms with van der Waals surface area (Å²) in [5.41, 5.74) is 1.75. The van der Waals surface area contributed by atoms with Gasteiger partial charge in [-0.05, 0) is 18.2 Å². The van der Waals surface area contributed by atoms with Gasteiger partial charge in [0, 0.05) is 24.9 Å². The van der Waals surface area contributed by atoms with E-state index in [4.69, 9.17) is 4.74 Å². The number of amides is 3. The van der Waals surface area contributed by atoms with E-state index < -0.39 is 0 Å². The van der Waals surface area contributed by atoms with Crippen LogP contribution in [0.4, 0.5) is 0 Å². The number of hydrogen-bond donors (Lipinski definition) is 1.